The van der Waals surface area contributed by atoms with Gasteiger partial charge in [-0.2, -0.15) is 0 Å². The van der Waals surface area contributed by atoms with E-state index in [1.807, 2.05) is 12.1 Å². The third-order valence-electron chi connectivity index (χ3n) is 4.49. The van der Waals surface area contributed by atoms with E-state index in [1.165, 1.54) is 6.07 Å². The number of amides is 2. The highest BCUT2D eigenvalue weighted by atomic mass is 16.5. The third-order valence-corrected chi connectivity index (χ3v) is 4.49. The summed E-state index contributed by atoms with van der Waals surface area (Å²) in [6.07, 6.45) is 0.538. The van der Waals surface area contributed by atoms with Crippen LogP contribution in [0.3, 0.4) is 0 Å². The fourth-order valence-electron chi connectivity index (χ4n) is 3.13. The second-order valence-corrected chi connectivity index (χ2v) is 6.55. The van der Waals surface area contributed by atoms with Crippen molar-refractivity contribution in [3.63, 3.8) is 0 Å². The summed E-state index contributed by atoms with van der Waals surface area (Å²) in [5, 5.41) is 2.90. The summed E-state index contributed by atoms with van der Waals surface area (Å²) >= 11 is 0. The van der Waals surface area contributed by atoms with Crippen molar-refractivity contribution in [2.75, 3.05) is 27.3 Å². The van der Waals surface area contributed by atoms with Crippen LogP contribution in [0.2, 0.25) is 0 Å². The topological polar surface area (TPSA) is 90.2 Å². The van der Waals surface area contributed by atoms with Crippen LogP contribution in [-0.2, 0) is 6.54 Å². The highest BCUT2D eigenvalue weighted by Crippen LogP contribution is 2.27. The smallest absolute Gasteiger partial charge is 0.339 e. The quantitative estimate of drug-likeness (QED) is 0.817. The van der Waals surface area contributed by atoms with Crippen LogP contribution in [0.15, 0.2) is 39.5 Å². The lowest BCUT2D eigenvalue weighted by Crippen LogP contribution is -2.39. The van der Waals surface area contributed by atoms with E-state index < -0.39 is 5.63 Å². The molecule has 0 spiro atoms. The molecule has 1 aliphatic rings. The first-order chi connectivity index (χ1) is 13.5. The van der Waals surface area contributed by atoms with Crippen molar-refractivity contribution in [1.82, 2.24) is 10.2 Å². The lowest BCUT2D eigenvalue weighted by Gasteiger charge is -2.18. The predicted molar refractivity (Wildman–Crippen MR) is 102 cm³/mol. The minimum Gasteiger partial charge on any atom is -0.493 e. The van der Waals surface area contributed by atoms with Crippen LogP contribution in [0.25, 0.3) is 0 Å². The molecule has 8 heteroatoms. The molecule has 0 radical (unpaired) electrons. The maximum Gasteiger partial charge on any atom is 0.339 e. The van der Waals surface area contributed by atoms with Crippen LogP contribution in [0, 0.1) is 6.92 Å². The fraction of sp³-hybridized carbons (Fsp3) is 0.400. The number of urea groups is 1. The molecule has 28 heavy (non-hydrogen) atoms. The standard InChI is InChI=1S/C20H24N2O6/c1-13-8-16(10-19(23)27-13)28-15-6-7-22(12-15)20(24)21-11-14-4-5-17(25-2)18(9-14)26-3/h4-5,8-10,15H,6-7,11-12H2,1-3H3,(H,21,24). The third kappa shape index (κ3) is 4.76. The Morgan fingerprint density at radius 1 is 1.21 bits per heavy atom. The monoisotopic (exact) mass is 388 g/mol. The van der Waals surface area contributed by atoms with Gasteiger partial charge in [0.15, 0.2) is 11.5 Å². The maximum atomic E-state index is 12.4. The molecule has 1 aromatic carbocycles. The van der Waals surface area contributed by atoms with Gasteiger partial charge in [0.2, 0.25) is 0 Å². The van der Waals surface area contributed by atoms with Gasteiger partial charge in [-0.1, -0.05) is 6.07 Å². The lowest BCUT2D eigenvalue weighted by atomic mass is 10.2. The van der Waals surface area contributed by atoms with Crippen molar-refractivity contribution in [3.05, 3.63) is 52.1 Å². The summed E-state index contributed by atoms with van der Waals surface area (Å²) in [7, 11) is 3.15. The van der Waals surface area contributed by atoms with Gasteiger partial charge in [0.1, 0.15) is 17.6 Å². The largest absolute Gasteiger partial charge is 0.493 e. The maximum absolute atomic E-state index is 12.4. The summed E-state index contributed by atoms with van der Waals surface area (Å²) in [4.78, 5) is 25.6. The molecule has 1 fully saturated rings. The minimum atomic E-state index is -0.447. The molecule has 1 N–H and O–H groups in total. The first-order valence-electron chi connectivity index (χ1n) is 9.00. The van der Waals surface area contributed by atoms with Gasteiger partial charge in [-0.3, -0.25) is 0 Å². The van der Waals surface area contributed by atoms with Crippen LogP contribution in [-0.4, -0.2) is 44.3 Å². The Labute approximate surface area is 163 Å². The lowest BCUT2D eigenvalue weighted by molar-refractivity contribution is 0.185. The average Bonchev–Trinajstić information content (AvgIpc) is 3.13. The number of carbonyl (C=O) groups is 1. The van der Waals surface area contributed by atoms with E-state index in [1.54, 1.807) is 38.2 Å². The molecule has 1 aliphatic heterocycles. The minimum absolute atomic E-state index is 0.159. The molecule has 2 aromatic rings. The van der Waals surface area contributed by atoms with Gasteiger partial charge in [0.05, 0.1) is 26.8 Å². The zero-order chi connectivity index (χ0) is 20.1. The van der Waals surface area contributed by atoms with E-state index in [2.05, 4.69) is 5.32 Å². The second kappa shape index (κ2) is 8.69. The van der Waals surface area contributed by atoms with Gasteiger partial charge in [-0.05, 0) is 24.6 Å². The summed E-state index contributed by atoms with van der Waals surface area (Å²) in [6, 6.07) is 8.33. The highest BCUT2D eigenvalue weighted by molar-refractivity contribution is 5.74. The number of ether oxygens (including phenoxy) is 3. The first-order valence-corrected chi connectivity index (χ1v) is 9.00. The van der Waals surface area contributed by atoms with Gasteiger partial charge in [0.25, 0.3) is 0 Å². The summed E-state index contributed by atoms with van der Waals surface area (Å²) in [5.74, 6) is 2.21. The number of methoxy groups -OCH3 is 2. The van der Waals surface area contributed by atoms with E-state index in [9.17, 15) is 9.59 Å². The summed E-state index contributed by atoms with van der Waals surface area (Å²) < 4.78 is 21.2. The highest BCUT2D eigenvalue weighted by Gasteiger charge is 2.27. The predicted octanol–water partition coefficient (Wildman–Crippen LogP) is 2.33. The van der Waals surface area contributed by atoms with Crippen molar-refractivity contribution in [2.24, 2.45) is 0 Å². The van der Waals surface area contributed by atoms with Gasteiger partial charge >= 0.3 is 11.7 Å². The van der Waals surface area contributed by atoms with E-state index in [0.717, 1.165) is 5.56 Å². The Bertz CT molecular complexity index is 895. The van der Waals surface area contributed by atoms with Crippen molar-refractivity contribution in [2.45, 2.75) is 26.0 Å². The normalized spacial score (nSPS) is 16.0. The molecule has 3 rings (SSSR count). The van der Waals surface area contributed by atoms with Crippen LogP contribution in [0.4, 0.5) is 4.79 Å². The van der Waals surface area contributed by atoms with E-state index in [-0.39, 0.29) is 12.1 Å². The average molecular weight is 388 g/mol. The molecule has 1 aromatic heterocycles. The second-order valence-electron chi connectivity index (χ2n) is 6.55. The van der Waals surface area contributed by atoms with Gasteiger partial charge in [-0.15, -0.1) is 0 Å². The number of aryl methyl sites for hydroxylation is 1. The zero-order valence-corrected chi connectivity index (χ0v) is 16.2. The number of benzene rings is 1. The number of hydrogen-bond acceptors (Lipinski definition) is 6. The molecule has 2 amide bonds. The Balaban J connectivity index is 1.52. The number of nitrogens with one attached hydrogen (secondary N) is 1. The first kappa shape index (κ1) is 19.6. The van der Waals surface area contributed by atoms with Gasteiger partial charge < -0.3 is 28.8 Å². The molecular formula is C20H24N2O6. The van der Waals surface area contributed by atoms with Crippen LogP contribution < -0.4 is 25.2 Å². The van der Waals surface area contributed by atoms with E-state index in [0.29, 0.717) is 49.1 Å². The number of nitrogens with zero attached hydrogens (tertiary/aromatic N) is 1. The molecule has 0 aliphatic carbocycles. The molecule has 2 heterocycles. The van der Waals surface area contributed by atoms with Gasteiger partial charge in [-0.25, -0.2) is 9.59 Å². The molecule has 1 unspecified atom stereocenters. The molecule has 150 valence electrons. The molecule has 0 bridgehead atoms. The van der Waals surface area contributed by atoms with Crippen molar-refractivity contribution >= 4 is 6.03 Å². The van der Waals surface area contributed by atoms with Crippen LogP contribution in [0.1, 0.15) is 17.7 Å². The fourth-order valence-corrected chi connectivity index (χ4v) is 3.13. The van der Waals surface area contributed by atoms with Gasteiger partial charge in [0, 0.05) is 25.6 Å². The summed E-state index contributed by atoms with van der Waals surface area (Å²) in [5.41, 5.74) is 0.460. The Morgan fingerprint density at radius 2 is 2.00 bits per heavy atom. The molecular weight excluding hydrogens is 364 g/mol. The number of carbonyl (C=O) groups excluding carboxylic acids is 1. The van der Waals surface area contributed by atoms with Crippen molar-refractivity contribution in [1.29, 1.82) is 0 Å². The molecule has 0 saturated carbocycles. The van der Waals surface area contributed by atoms with Crippen LogP contribution in [0.5, 0.6) is 17.2 Å². The summed E-state index contributed by atoms with van der Waals surface area (Å²) in [6.45, 7) is 3.11. The van der Waals surface area contributed by atoms with Crippen LogP contribution >= 0.6 is 0 Å². The number of hydrogen-bond donors (Lipinski definition) is 1. The van der Waals surface area contributed by atoms with Crippen molar-refractivity contribution in [3.8, 4) is 17.2 Å². The van der Waals surface area contributed by atoms with Crippen molar-refractivity contribution < 1.29 is 23.4 Å². The SMILES string of the molecule is COc1ccc(CNC(=O)N2CCC(Oc3cc(C)oc(=O)c3)C2)cc1OC. The van der Waals surface area contributed by atoms with E-state index >= 15 is 0 Å². The zero-order valence-electron chi connectivity index (χ0n) is 16.2. The molecule has 8 nitrogen and oxygen atoms in total. The molecule has 1 saturated heterocycles. The Kier molecular flexibility index (Phi) is 6.08. The Morgan fingerprint density at radius 3 is 2.71 bits per heavy atom. The number of rotatable bonds is 6. The molecule has 1 atom stereocenters. The van der Waals surface area contributed by atoms with E-state index in [4.69, 9.17) is 18.6 Å². The Hall–Kier alpha value is -3.16. The number of likely N-dealkylation sites (tertiary alicyclic amines) is 1.